The van der Waals surface area contributed by atoms with E-state index < -0.39 is 40.4 Å². The molecule has 0 aliphatic carbocycles. The molecule has 0 bridgehead atoms. The second-order valence-corrected chi connectivity index (χ2v) is 4.95. The number of carbonyl (C=O) groups excluding carboxylic acids is 3. The first-order valence-corrected chi connectivity index (χ1v) is 6.13. The van der Waals surface area contributed by atoms with E-state index in [4.69, 9.17) is 0 Å². The average molecular weight is 291 g/mol. The Bertz CT molecular complexity index is 667. The van der Waals surface area contributed by atoms with Crippen LogP contribution in [0.4, 0.5) is 5.69 Å². The SMILES string of the molecule is CC(C)C(C(=O)[O-])N1C(=O)c2cccc([N+](=O)[O-])c2C1=O. The van der Waals surface area contributed by atoms with Gasteiger partial charge in [0.1, 0.15) is 5.56 Å². The first kappa shape index (κ1) is 14.6. The number of carboxylic acids is 1. The van der Waals surface area contributed by atoms with Gasteiger partial charge in [-0.1, -0.05) is 19.9 Å². The van der Waals surface area contributed by atoms with E-state index in [1.54, 1.807) is 0 Å². The Labute approximate surface area is 119 Å². The maximum absolute atomic E-state index is 12.3. The van der Waals surface area contributed by atoms with Gasteiger partial charge in [0.15, 0.2) is 0 Å². The Balaban J connectivity index is 2.60. The van der Waals surface area contributed by atoms with Crippen molar-refractivity contribution in [2.45, 2.75) is 19.9 Å². The summed E-state index contributed by atoms with van der Waals surface area (Å²) < 4.78 is 0. The van der Waals surface area contributed by atoms with Gasteiger partial charge in [0, 0.05) is 6.07 Å². The molecule has 0 saturated carbocycles. The van der Waals surface area contributed by atoms with Crippen molar-refractivity contribution in [2.75, 3.05) is 0 Å². The van der Waals surface area contributed by atoms with Gasteiger partial charge in [-0.25, -0.2) is 0 Å². The fourth-order valence-corrected chi connectivity index (χ4v) is 2.37. The molecule has 0 aromatic heterocycles. The minimum Gasteiger partial charge on any atom is -0.548 e. The molecule has 1 heterocycles. The minimum atomic E-state index is -1.58. The second kappa shape index (κ2) is 4.97. The van der Waals surface area contributed by atoms with E-state index >= 15 is 0 Å². The van der Waals surface area contributed by atoms with Crippen LogP contribution in [0.25, 0.3) is 0 Å². The zero-order valence-corrected chi connectivity index (χ0v) is 11.2. The van der Waals surface area contributed by atoms with Crippen molar-refractivity contribution in [3.63, 3.8) is 0 Å². The van der Waals surface area contributed by atoms with Gasteiger partial charge in [0.2, 0.25) is 0 Å². The highest BCUT2D eigenvalue weighted by atomic mass is 16.6. The number of nitro groups is 1. The monoisotopic (exact) mass is 291 g/mol. The molecule has 2 amide bonds. The standard InChI is InChI=1S/C13H12N2O6/c1-6(2)10(13(18)19)14-11(16)7-4-3-5-8(15(20)21)9(7)12(14)17/h3-6,10H,1-2H3,(H,18,19)/p-1. The van der Waals surface area contributed by atoms with Crippen LogP contribution < -0.4 is 5.11 Å². The van der Waals surface area contributed by atoms with Crippen LogP contribution in [0.3, 0.4) is 0 Å². The third-order valence-corrected chi connectivity index (χ3v) is 3.27. The Morgan fingerprint density at radius 3 is 2.33 bits per heavy atom. The third kappa shape index (κ3) is 2.14. The van der Waals surface area contributed by atoms with E-state index in [1.165, 1.54) is 26.0 Å². The minimum absolute atomic E-state index is 0.166. The van der Waals surface area contributed by atoms with E-state index in [0.29, 0.717) is 4.90 Å². The maximum atomic E-state index is 12.3. The molecule has 0 saturated heterocycles. The van der Waals surface area contributed by atoms with Crippen LogP contribution in [-0.2, 0) is 4.79 Å². The first-order valence-electron chi connectivity index (χ1n) is 6.13. The smallest absolute Gasteiger partial charge is 0.282 e. The summed E-state index contributed by atoms with van der Waals surface area (Å²) in [5.74, 6) is -4.01. The number of rotatable bonds is 4. The number of aliphatic carboxylic acids is 1. The number of carboxylic acid groups (broad SMARTS) is 1. The van der Waals surface area contributed by atoms with Crippen LogP contribution in [0.2, 0.25) is 0 Å². The van der Waals surface area contributed by atoms with Crippen molar-refractivity contribution in [1.82, 2.24) is 4.90 Å². The molecule has 8 heteroatoms. The van der Waals surface area contributed by atoms with Crippen molar-refractivity contribution in [1.29, 1.82) is 0 Å². The van der Waals surface area contributed by atoms with Crippen LogP contribution in [-0.4, -0.2) is 33.6 Å². The van der Waals surface area contributed by atoms with E-state index in [1.807, 2.05) is 0 Å². The summed E-state index contributed by atoms with van der Waals surface area (Å²) in [6.07, 6.45) is 0. The highest BCUT2D eigenvalue weighted by Gasteiger charge is 2.45. The van der Waals surface area contributed by atoms with Gasteiger partial charge in [0.05, 0.1) is 22.5 Å². The predicted molar refractivity (Wildman–Crippen MR) is 67.2 cm³/mol. The topological polar surface area (TPSA) is 121 Å². The lowest BCUT2D eigenvalue weighted by molar-refractivity contribution is -0.385. The molecule has 0 radical (unpaired) electrons. The number of hydrogen-bond donors (Lipinski definition) is 0. The Morgan fingerprint density at radius 2 is 1.86 bits per heavy atom. The predicted octanol–water partition coefficient (Wildman–Crippen LogP) is -0.0347. The van der Waals surface area contributed by atoms with Crippen molar-refractivity contribution < 1.29 is 24.4 Å². The van der Waals surface area contributed by atoms with Crippen LogP contribution >= 0.6 is 0 Å². The Kier molecular flexibility index (Phi) is 3.46. The van der Waals surface area contributed by atoms with Gasteiger partial charge >= 0.3 is 0 Å². The number of benzene rings is 1. The van der Waals surface area contributed by atoms with E-state index in [9.17, 15) is 29.6 Å². The summed E-state index contributed by atoms with van der Waals surface area (Å²) in [4.78, 5) is 46.4. The molecule has 0 N–H and O–H groups in total. The lowest BCUT2D eigenvalue weighted by Crippen LogP contribution is -2.53. The van der Waals surface area contributed by atoms with E-state index in [2.05, 4.69) is 0 Å². The number of fused-ring (bicyclic) bond motifs is 1. The van der Waals surface area contributed by atoms with E-state index in [0.717, 1.165) is 6.07 Å². The van der Waals surface area contributed by atoms with Gasteiger partial charge in [-0.05, 0) is 12.0 Å². The fourth-order valence-electron chi connectivity index (χ4n) is 2.37. The summed E-state index contributed by atoms with van der Waals surface area (Å²) in [5.41, 5.74) is -1.06. The third-order valence-electron chi connectivity index (χ3n) is 3.27. The van der Waals surface area contributed by atoms with Gasteiger partial charge in [-0.3, -0.25) is 24.6 Å². The largest absolute Gasteiger partial charge is 0.548 e. The Hall–Kier alpha value is -2.77. The van der Waals surface area contributed by atoms with Crippen molar-refractivity contribution in [3.8, 4) is 0 Å². The molecule has 21 heavy (non-hydrogen) atoms. The molecule has 1 aromatic rings. The number of nitrogens with zero attached hydrogens (tertiary/aromatic N) is 2. The molecule has 1 aliphatic rings. The molecule has 1 atom stereocenters. The molecule has 1 aliphatic heterocycles. The second-order valence-electron chi connectivity index (χ2n) is 4.95. The zero-order chi connectivity index (χ0) is 15.9. The number of amides is 2. The summed E-state index contributed by atoms with van der Waals surface area (Å²) in [6.45, 7) is 3.02. The molecular weight excluding hydrogens is 280 g/mol. The van der Waals surface area contributed by atoms with E-state index in [-0.39, 0.29) is 11.1 Å². The Morgan fingerprint density at radius 1 is 1.24 bits per heavy atom. The first-order chi connectivity index (χ1) is 9.77. The highest BCUT2D eigenvalue weighted by molar-refractivity contribution is 6.24. The van der Waals surface area contributed by atoms with Crippen LogP contribution in [0.15, 0.2) is 18.2 Å². The quantitative estimate of drug-likeness (QED) is 0.436. The molecule has 110 valence electrons. The van der Waals surface area contributed by atoms with Gasteiger partial charge in [-0.2, -0.15) is 0 Å². The lowest BCUT2D eigenvalue weighted by Gasteiger charge is -2.29. The zero-order valence-electron chi connectivity index (χ0n) is 11.2. The summed E-state index contributed by atoms with van der Waals surface area (Å²) >= 11 is 0. The molecule has 1 aromatic carbocycles. The number of hydrogen-bond acceptors (Lipinski definition) is 6. The lowest BCUT2D eigenvalue weighted by atomic mass is 10.0. The van der Waals surface area contributed by atoms with Gasteiger partial charge in [-0.15, -0.1) is 0 Å². The molecule has 8 nitrogen and oxygen atoms in total. The van der Waals surface area contributed by atoms with Crippen LogP contribution in [0, 0.1) is 16.0 Å². The van der Waals surface area contributed by atoms with Crippen molar-refractivity contribution in [3.05, 3.63) is 39.4 Å². The van der Waals surface area contributed by atoms with Gasteiger partial charge in [0.25, 0.3) is 17.5 Å². The normalized spacial score (nSPS) is 15.3. The highest BCUT2D eigenvalue weighted by Crippen LogP contribution is 2.32. The van der Waals surface area contributed by atoms with Crippen molar-refractivity contribution >= 4 is 23.5 Å². The molecular formula is C13H11N2O6-. The molecule has 1 unspecified atom stereocenters. The number of nitro benzene ring substituents is 1. The van der Waals surface area contributed by atoms with Crippen LogP contribution in [0.5, 0.6) is 0 Å². The molecule has 2 rings (SSSR count). The summed E-state index contributed by atoms with van der Waals surface area (Å²) in [6, 6.07) is 2.15. The van der Waals surface area contributed by atoms with Crippen molar-refractivity contribution in [2.24, 2.45) is 5.92 Å². The van der Waals surface area contributed by atoms with Gasteiger partial charge < -0.3 is 9.90 Å². The maximum Gasteiger partial charge on any atom is 0.282 e. The van der Waals surface area contributed by atoms with Crippen LogP contribution in [0.1, 0.15) is 34.6 Å². The average Bonchev–Trinajstić information content (AvgIpc) is 2.63. The fraction of sp³-hybridized carbons (Fsp3) is 0.308. The molecule has 0 spiro atoms. The summed E-state index contributed by atoms with van der Waals surface area (Å²) in [5, 5.41) is 22.1. The number of carbonyl (C=O) groups is 3. The number of imide groups is 1. The molecule has 0 fully saturated rings. The summed E-state index contributed by atoms with van der Waals surface area (Å²) in [7, 11) is 0.